The largest absolute Gasteiger partial charge is 0.504 e. The quantitative estimate of drug-likeness (QED) is 0.675. The Morgan fingerprint density at radius 2 is 1.90 bits per heavy atom. The number of phenolic OH excluding ortho intramolecular Hbond substituents is 1. The second kappa shape index (κ2) is 5.97. The molecule has 0 aliphatic heterocycles. The summed E-state index contributed by atoms with van der Waals surface area (Å²) in [5.74, 6) is -0.00945. The highest BCUT2D eigenvalue weighted by Gasteiger charge is 2.09. The van der Waals surface area contributed by atoms with Crippen LogP contribution in [-0.2, 0) is 0 Å². The van der Waals surface area contributed by atoms with Gasteiger partial charge in [0.25, 0.3) is 0 Å². The molecule has 0 spiro atoms. The molecule has 0 atom stereocenters. The number of methoxy groups -OCH3 is 1. The van der Waals surface area contributed by atoms with Gasteiger partial charge in [-0.2, -0.15) is 10.2 Å². The van der Waals surface area contributed by atoms with Crippen LogP contribution in [-0.4, -0.2) is 18.5 Å². The van der Waals surface area contributed by atoms with Crippen LogP contribution in [0.3, 0.4) is 0 Å². The third-order valence-electron chi connectivity index (χ3n) is 2.72. The second-order valence-corrected chi connectivity index (χ2v) is 4.24. The molecule has 0 heterocycles. The number of phenols is 1. The molecular formula is C15H14N2O3. The molecule has 0 fully saturated rings. The molecule has 5 nitrogen and oxygen atoms in total. The standard InChI is InChI=1S/C15H14N2O3/c1-10-4-3-5-12(6-10)16-17-13-7-11(9-18)15(19)14(8-13)20-2/h3-9,19H,1-2H3. The highest BCUT2D eigenvalue weighted by atomic mass is 16.5. The van der Waals surface area contributed by atoms with Crippen molar-refractivity contribution in [2.75, 3.05) is 7.11 Å². The molecule has 20 heavy (non-hydrogen) atoms. The summed E-state index contributed by atoms with van der Waals surface area (Å²) < 4.78 is 4.99. The molecular weight excluding hydrogens is 256 g/mol. The van der Waals surface area contributed by atoms with E-state index in [1.165, 1.54) is 19.2 Å². The van der Waals surface area contributed by atoms with Gasteiger partial charge in [0.05, 0.1) is 24.0 Å². The van der Waals surface area contributed by atoms with Crippen molar-refractivity contribution in [2.24, 2.45) is 10.2 Å². The van der Waals surface area contributed by atoms with Crippen LogP contribution in [0.5, 0.6) is 11.5 Å². The minimum Gasteiger partial charge on any atom is -0.504 e. The average Bonchev–Trinajstić information content (AvgIpc) is 2.46. The SMILES string of the molecule is COc1cc(N=Nc2cccc(C)c2)cc(C=O)c1O. The van der Waals surface area contributed by atoms with Crippen molar-refractivity contribution in [1.29, 1.82) is 0 Å². The van der Waals surface area contributed by atoms with Gasteiger partial charge in [0.15, 0.2) is 17.8 Å². The summed E-state index contributed by atoms with van der Waals surface area (Å²) in [6.07, 6.45) is 0.545. The van der Waals surface area contributed by atoms with Gasteiger partial charge in [-0.25, -0.2) is 0 Å². The predicted octanol–water partition coefficient (Wildman–Crippen LogP) is 3.94. The summed E-state index contributed by atoms with van der Waals surface area (Å²) in [7, 11) is 1.41. The topological polar surface area (TPSA) is 71.2 Å². The van der Waals surface area contributed by atoms with E-state index in [9.17, 15) is 9.90 Å². The van der Waals surface area contributed by atoms with E-state index in [0.717, 1.165) is 5.56 Å². The van der Waals surface area contributed by atoms with E-state index in [1.807, 2.05) is 31.2 Å². The van der Waals surface area contributed by atoms with Gasteiger partial charge >= 0.3 is 0 Å². The first-order chi connectivity index (χ1) is 9.63. The Morgan fingerprint density at radius 1 is 1.15 bits per heavy atom. The lowest BCUT2D eigenvalue weighted by Gasteiger charge is -2.05. The minimum atomic E-state index is -0.197. The molecule has 0 aromatic heterocycles. The number of benzene rings is 2. The fourth-order valence-electron chi connectivity index (χ4n) is 1.72. The van der Waals surface area contributed by atoms with Gasteiger partial charge in [0.1, 0.15) is 0 Å². The number of carbonyl (C=O) groups is 1. The van der Waals surface area contributed by atoms with Crippen LogP contribution in [0.25, 0.3) is 0 Å². The Labute approximate surface area is 116 Å². The van der Waals surface area contributed by atoms with Crippen molar-refractivity contribution in [3.05, 3.63) is 47.5 Å². The Hall–Kier alpha value is -2.69. The Balaban J connectivity index is 2.36. The maximum atomic E-state index is 10.9. The van der Waals surface area contributed by atoms with Crippen molar-refractivity contribution >= 4 is 17.7 Å². The number of aryl methyl sites for hydroxylation is 1. The summed E-state index contributed by atoms with van der Waals surface area (Å²) in [6.45, 7) is 1.97. The Kier molecular flexibility index (Phi) is 4.10. The molecule has 0 aliphatic rings. The number of azo groups is 1. The third kappa shape index (κ3) is 3.00. The molecule has 0 bridgehead atoms. The zero-order valence-electron chi connectivity index (χ0n) is 11.2. The fraction of sp³-hybridized carbons (Fsp3) is 0.133. The second-order valence-electron chi connectivity index (χ2n) is 4.24. The van der Waals surface area contributed by atoms with Gasteiger partial charge in [0.2, 0.25) is 0 Å². The van der Waals surface area contributed by atoms with Crippen LogP contribution < -0.4 is 4.74 Å². The van der Waals surface area contributed by atoms with Gasteiger partial charge < -0.3 is 9.84 Å². The first-order valence-corrected chi connectivity index (χ1v) is 5.98. The highest BCUT2D eigenvalue weighted by molar-refractivity contribution is 5.83. The van der Waals surface area contributed by atoms with Crippen molar-refractivity contribution in [3.8, 4) is 11.5 Å². The van der Waals surface area contributed by atoms with E-state index in [1.54, 1.807) is 0 Å². The van der Waals surface area contributed by atoms with Crippen LogP contribution in [0.4, 0.5) is 11.4 Å². The molecule has 102 valence electrons. The highest BCUT2D eigenvalue weighted by Crippen LogP contribution is 2.34. The van der Waals surface area contributed by atoms with Crippen LogP contribution in [0.2, 0.25) is 0 Å². The summed E-state index contributed by atoms with van der Waals surface area (Å²) in [4.78, 5) is 10.9. The Bertz CT molecular complexity index is 666. The van der Waals surface area contributed by atoms with Gasteiger partial charge in [-0.1, -0.05) is 12.1 Å². The lowest BCUT2D eigenvalue weighted by Crippen LogP contribution is -1.88. The first-order valence-electron chi connectivity index (χ1n) is 5.98. The average molecular weight is 270 g/mol. The monoisotopic (exact) mass is 270 g/mol. The molecule has 0 saturated carbocycles. The molecule has 0 aliphatic carbocycles. The van der Waals surface area contributed by atoms with Gasteiger partial charge in [-0.05, 0) is 30.7 Å². The lowest BCUT2D eigenvalue weighted by molar-refractivity contribution is 0.112. The van der Waals surface area contributed by atoms with Crippen molar-refractivity contribution in [1.82, 2.24) is 0 Å². The number of carbonyl (C=O) groups excluding carboxylic acids is 1. The molecule has 0 unspecified atom stereocenters. The smallest absolute Gasteiger partial charge is 0.168 e. The van der Waals surface area contributed by atoms with E-state index >= 15 is 0 Å². The van der Waals surface area contributed by atoms with E-state index in [0.29, 0.717) is 17.7 Å². The molecule has 1 N–H and O–H groups in total. The summed E-state index contributed by atoms with van der Waals surface area (Å²) in [5, 5.41) is 17.8. The fourth-order valence-corrected chi connectivity index (χ4v) is 1.72. The number of aldehydes is 1. The van der Waals surface area contributed by atoms with Crippen LogP contribution in [0, 0.1) is 6.92 Å². The number of hydrogen-bond donors (Lipinski definition) is 1. The van der Waals surface area contributed by atoms with Gasteiger partial charge in [0, 0.05) is 6.07 Å². The van der Waals surface area contributed by atoms with E-state index < -0.39 is 0 Å². The van der Waals surface area contributed by atoms with Gasteiger partial charge in [-0.3, -0.25) is 4.79 Å². The van der Waals surface area contributed by atoms with Crippen molar-refractivity contribution in [2.45, 2.75) is 6.92 Å². The predicted molar refractivity (Wildman–Crippen MR) is 75.4 cm³/mol. The zero-order chi connectivity index (χ0) is 14.5. The molecule has 0 amide bonds. The third-order valence-corrected chi connectivity index (χ3v) is 2.72. The Morgan fingerprint density at radius 3 is 2.55 bits per heavy atom. The first kappa shape index (κ1) is 13.7. The maximum Gasteiger partial charge on any atom is 0.168 e. The van der Waals surface area contributed by atoms with Crippen molar-refractivity contribution in [3.63, 3.8) is 0 Å². The molecule has 0 radical (unpaired) electrons. The molecule has 2 aromatic rings. The summed E-state index contributed by atoms with van der Waals surface area (Å²) >= 11 is 0. The van der Waals surface area contributed by atoms with Crippen LogP contribution in [0.1, 0.15) is 15.9 Å². The summed E-state index contributed by atoms with van der Waals surface area (Å²) in [6, 6.07) is 10.5. The van der Waals surface area contributed by atoms with Crippen molar-refractivity contribution < 1.29 is 14.6 Å². The zero-order valence-corrected chi connectivity index (χ0v) is 11.2. The maximum absolute atomic E-state index is 10.9. The van der Waals surface area contributed by atoms with E-state index in [-0.39, 0.29) is 17.1 Å². The number of hydrogen-bond acceptors (Lipinski definition) is 5. The molecule has 0 saturated heterocycles. The lowest BCUT2D eigenvalue weighted by atomic mass is 10.2. The van der Waals surface area contributed by atoms with Crippen LogP contribution >= 0.6 is 0 Å². The molecule has 2 rings (SSSR count). The minimum absolute atomic E-state index is 0.113. The normalized spacial score (nSPS) is 10.7. The summed E-state index contributed by atoms with van der Waals surface area (Å²) in [5.41, 5.74) is 2.34. The number of ether oxygens (including phenoxy) is 1. The molecule has 5 heteroatoms. The molecule has 2 aromatic carbocycles. The van der Waals surface area contributed by atoms with E-state index in [4.69, 9.17) is 4.74 Å². The number of nitrogens with zero attached hydrogens (tertiary/aromatic N) is 2. The van der Waals surface area contributed by atoms with E-state index in [2.05, 4.69) is 10.2 Å². The van der Waals surface area contributed by atoms with Gasteiger partial charge in [-0.15, -0.1) is 0 Å². The number of rotatable bonds is 4. The van der Waals surface area contributed by atoms with Crippen LogP contribution in [0.15, 0.2) is 46.6 Å². The number of aromatic hydroxyl groups is 1.